The number of nitrogens with zero attached hydrogens (tertiary/aromatic N) is 2. The highest BCUT2D eigenvalue weighted by Crippen LogP contribution is 2.30. The van der Waals surface area contributed by atoms with Crippen molar-refractivity contribution in [1.82, 2.24) is 15.1 Å². The van der Waals surface area contributed by atoms with Gasteiger partial charge in [-0.1, -0.05) is 30.3 Å². The fourth-order valence-corrected chi connectivity index (χ4v) is 4.56. The second-order valence-electron chi connectivity index (χ2n) is 8.61. The summed E-state index contributed by atoms with van der Waals surface area (Å²) in [6.45, 7) is 3.53. The summed E-state index contributed by atoms with van der Waals surface area (Å²) in [6, 6.07) is 15.2. The van der Waals surface area contributed by atoms with E-state index in [1.807, 2.05) is 42.2 Å². The fraction of sp³-hybridized carbons (Fsp3) is 0.400. The largest absolute Gasteiger partial charge is 0.349 e. The molecule has 2 aliphatic heterocycles. The predicted octanol–water partition coefficient (Wildman–Crippen LogP) is 3.16. The van der Waals surface area contributed by atoms with Crippen molar-refractivity contribution in [2.75, 3.05) is 19.6 Å². The van der Waals surface area contributed by atoms with Gasteiger partial charge in [0.15, 0.2) is 0 Å². The normalized spacial score (nSPS) is 20.3. The van der Waals surface area contributed by atoms with E-state index in [1.54, 1.807) is 4.90 Å². The second-order valence-corrected chi connectivity index (χ2v) is 8.61. The van der Waals surface area contributed by atoms with E-state index >= 15 is 0 Å². The summed E-state index contributed by atoms with van der Waals surface area (Å²) in [5.74, 6) is -0.901. The first kappa shape index (κ1) is 22.0. The Labute approximate surface area is 187 Å². The highest BCUT2D eigenvalue weighted by molar-refractivity contribution is 5.94. The molecule has 0 aliphatic carbocycles. The summed E-state index contributed by atoms with van der Waals surface area (Å²) in [6.07, 6.45) is 1.56. The second kappa shape index (κ2) is 9.51. The zero-order chi connectivity index (χ0) is 22.7. The van der Waals surface area contributed by atoms with Crippen LogP contribution >= 0.6 is 0 Å². The zero-order valence-electron chi connectivity index (χ0n) is 18.2. The molecule has 2 atom stereocenters. The third-order valence-corrected chi connectivity index (χ3v) is 6.51. The topological polar surface area (TPSA) is 69.7 Å². The summed E-state index contributed by atoms with van der Waals surface area (Å²) >= 11 is 0. The number of nitrogens with one attached hydrogen (secondary N) is 1. The average molecular weight is 438 g/mol. The molecule has 7 heteroatoms. The number of benzene rings is 2. The van der Waals surface area contributed by atoms with Gasteiger partial charge in [0.2, 0.25) is 11.8 Å². The number of carbonyl (C=O) groups is 3. The van der Waals surface area contributed by atoms with Crippen molar-refractivity contribution in [2.45, 2.75) is 38.3 Å². The Morgan fingerprint density at radius 1 is 1.03 bits per heavy atom. The van der Waals surface area contributed by atoms with Gasteiger partial charge in [-0.2, -0.15) is 0 Å². The van der Waals surface area contributed by atoms with Crippen molar-refractivity contribution in [2.24, 2.45) is 5.92 Å². The fourth-order valence-electron chi connectivity index (χ4n) is 4.56. The molecule has 4 rings (SSSR count). The van der Waals surface area contributed by atoms with Gasteiger partial charge >= 0.3 is 0 Å². The highest BCUT2D eigenvalue weighted by atomic mass is 19.1. The molecule has 2 fully saturated rings. The summed E-state index contributed by atoms with van der Waals surface area (Å²) in [5, 5.41) is 2.97. The minimum Gasteiger partial charge on any atom is -0.349 e. The molecule has 168 valence electrons. The Hall–Kier alpha value is -3.22. The van der Waals surface area contributed by atoms with Crippen molar-refractivity contribution >= 4 is 17.7 Å². The molecule has 2 unspecified atom stereocenters. The average Bonchev–Trinajstić information content (AvgIpc) is 3.21. The van der Waals surface area contributed by atoms with Gasteiger partial charge in [-0.15, -0.1) is 0 Å². The third kappa shape index (κ3) is 4.82. The Balaban J connectivity index is 1.28. The molecule has 1 N–H and O–H groups in total. The number of rotatable bonds is 5. The van der Waals surface area contributed by atoms with Gasteiger partial charge in [0.1, 0.15) is 5.82 Å². The number of piperidine rings is 1. The molecule has 2 aromatic carbocycles. The minimum atomic E-state index is -0.379. The van der Waals surface area contributed by atoms with Crippen LogP contribution in [0.4, 0.5) is 4.39 Å². The SMILES string of the molecule is CC(c1ccccc1)N1CC(C(=O)N2CCC(NC(=O)c3ccc(F)cc3)CC2)CC1=O. The highest BCUT2D eigenvalue weighted by Gasteiger charge is 2.39. The minimum absolute atomic E-state index is 0.0150. The van der Waals surface area contributed by atoms with Crippen LogP contribution in [0.15, 0.2) is 54.6 Å². The molecule has 2 saturated heterocycles. The van der Waals surface area contributed by atoms with Crippen LogP contribution in [0, 0.1) is 11.7 Å². The number of amides is 3. The lowest BCUT2D eigenvalue weighted by Gasteiger charge is -2.34. The van der Waals surface area contributed by atoms with Gasteiger partial charge in [-0.25, -0.2) is 4.39 Å². The molecule has 0 aromatic heterocycles. The van der Waals surface area contributed by atoms with E-state index in [-0.39, 0.29) is 48.0 Å². The number of halogens is 1. The Morgan fingerprint density at radius 2 is 1.69 bits per heavy atom. The lowest BCUT2D eigenvalue weighted by molar-refractivity contribution is -0.136. The third-order valence-electron chi connectivity index (χ3n) is 6.51. The molecule has 32 heavy (non-hydrogen) atoms. The van der Waals surface area contributed by atoms with E-state index in [0.717, 1.165) is 5.56 Å². The number of hydrogen-bond donors (Lipinski definition) is 1. The van der Waals surface area contributed by atoms with Crippen LogP contribution in [-0.4, -0.2) is 53.2 Å². The van der Waals surface area contributed by atoms with Gasteiger partial charge < -0.3 is 15.1 Å². The maximum absolute atomic E-state index is 13.1. The molecule has 2 aliphatic rings. The van der Waals surface area contributed by atoms with Gasteiger partial charge in [0.05, 0.1) is 12.0 Å². The quantitative estimate of drug-likeness (QED) is 0.781. The van der Waals surface area contributed by atoms with Crippen molar-refractivity contribution < 1.29 is 18.8 Å². The van der Waals surface area contributed by atoms with Gasteiger partial charge in [-0.3, -0.25) is 14.4 Å². The number of carbonyl (C=O) groups excluding carboxylic acids is 3. The molecule has 0 spiro atoms. The molecular formula is C25H28FN3O3. The van der Waals surface area contributed by atoms with Gasteiger partial charge in [0, 0.05) is 37.7 Å². The smallest absolute Gasteiger partial charge is 0.251 e. The lowest BCUT2D eigenvalue weighted by atomic mass is 10.0. The number of hydrogen-bond acceptors (Lipinski definition) is 3. The summed E-state index contributed by atoms with van der Waals surface area (Å²) in [4.78, 5) is 41.6. The molecular weight excluding hydrogens is 409 g/mol. The van der Waals surface area contributed by atoms with E-state index in [2.05, 4.69) is 5.32 Å². The first-order chi connectivity index (χ1) is 15.4. The monoisotopic (exact) mass is 437 g/mol. The molecule has 2 aromatic rings. The first-order valence-electron chi connectivity index (χ1n) is 11.1. The zero-order valence-corrected chi connectivity index (χ0v) is 18.2. The van der Waals surface area contributed by atoms with Gasteiger partial charge in [-0.05, 0) is 49.6 Å². The van der Waals surface area contributed by atoms with Crippen LogP contribution in [0.5, 0.6) is 0 Å². The predicted molar refractivity (Wildman–Crippen MR) is 118 cm³/mol. The van der Waals surface area contributed by atoms with Crippen LogP contribution in [0.1, 0.15) is 48.1 Å². The maximum Gasteiger partial charge on any atom is 0.251 e. The maximum atomic E-state index is 13.1. The van der Waals surface area contributed by atoms with Crippen LogP contribution in [0.2, 0.25) is 0 Å². The lowest BCUT2D eigenvalue weighted by Crippen LogP contribution is -2.48. The molecule has 2 heterocycles. The van der Waals surface area contributed by atoms with E-state index in [0.29, 0.717) is 38.0 Å². The van der Waals surface area contributed by atoms with Crippen LogP contribution < -0.4 is 5.32 Å². The molecule has 3 amide bonds. The van der Waals surface area contributed by atoms with Crippen molar-refractivity contribution in [3.63, 3.8) is 0 Å². The first-order valence-corrected chi connectivity index (χ1v) is 11.1. The number of likely N-dealkylation sites (tertiary alicyclic amines) is 2. The molecule has 0 saturated carbocycles. The van der Waals surface area contributed by atoms with E-state index in [9.17, 15) is 18.8 Å². The Kier molecular flexibility index (Phi) is 6.53. The van der Waals surface area contributed by atoms with Gasteiger partial charge in [0.25, 0.3) is 5.91 Å². The van der Waals surface area contributed by atoms with Crippen molar-refractivity contribution in [1.29, 1.82) is 0 Å². The summed E-state index contributed by atoms with van der Waals surface area (Å²) < 4.78 is 13.0. The van der Waals surface area contributed by atoms with Crippen LogP contribution in [0.25, 0.3) is 0 Å². The Morgan fingerprint density at radius 3 is 2.34 bits per heavy atom. The summed E-state index contributed by atoms with van der Waals surface area (Å²) in [7, 11) is 0. The van der Waals surface area contributed by atoms with Crippen molar-refractivity contribution in [3.8, 4) is 0 Å². The van der Waals surface area contributed by atoms with Crippen molar-refractivity contribution in [3.05, 3.63) is 71.5 Å². The molecule has 0 radical (unpaired) electrons. The van der Waals surface area contributed by atoms with E-state index in [4.69, 9.17) is 0 Å². The molecule has 0 bridgehead atoms. The standard InChI is InChI=1S/C25H28FN3O3/c1-17(18-5-3-2-4-6-18)29-16-20(15-23(29)30)25(32)28-13-11-22(12-14-28)27-24(31)19-7-9-21(26)10-8-19/h2-10,17,20,22H,11-16H2,1H3,(H,27,31). The van der Waals surface area contributed by atoms with E-state index in [1.165, 1.54) is 24.3 Å². The van der Waals surface area contributed by atoms with Crippen LogP contribution in [0.3, 0.4) is 0 Å². The summed E-state index contributed by atoms with van der Waals surface area (Å²) in [5.41, 5.74) is 1.48. The molecule has 6 nitrogen and oxygen atoms in total. The van der Waals surface area contributed by atoms with E-state index < -0.39 is 0 Å². The van der Waals surface area contributed by atoms with Crippen LogP contribution in [-0.2, 0) is 9.59 Å². The Bertz CT molecular complexity index is 972.